The lowest BCUT2D eigenvalue weighted by molar-refractivity contribution is 0.573. The molecule has 0 saturated heterocycles. The van der Waals surface area contributed by atoms with Crippen molar-refractivity contribution in [2.24, 2.45) is 0 Å². The quantitative estimate of drug-likeness (QED) is 0.750. The zero-order valence-corrected chi connectivity index (χ0v) is 8.49. The van der Waals surface area contributed by atoms with Gasteiger partial charge in [0.15, 0.2) is 0 Å². The van der Waals surface area contributed by atoms with Gasteiger partial charge in [0, 0.05) is 10.9 Å². The van der Waals surface area contributed by atoms with E-state index in [9.17, 15) is 0 Å². The topological polar surface area (TPSA) is 26.0 Å². The summed E-state index contributed by atoms with van der Waals surface area (Å²) in [6.45, 7) is 0. The summed E-state index contributed by atoms with van der Waals surface area (Å²) in [7, 11) is 0. The molecule has 0 spiro atoms. The Morgan fingerprint density at radius 2 is 2.00 bits per heavy atom. The summed E-state index contributed by atoms with van der Waals surface area (Å²) in [6.07, 6.45) is 1.66. The van der Waals surface area contributed by atoms with Crippen LogP contribution in [0.1, 0.15) is 5.69 Å². The number of aromatic nitrogens is 1. The molecule has 1 aromatic heterocycles. The van der Waals surface area contributed by atoms with E-state index in [-0.39, 0.29) is 0 Å². The highest BCUT2D eigenvalue weighted by atomic mass is 79.9. The fourth-order valence-electron chi connectivity index (χ4n) is 1.08. The molecular weight excluding hydrogens is 230 g/mol. The molecule has 0 unspecified atom stereocenters. The molecule has 2 aromatic rings. The molecule has 0 aliphatic heterocycles. The molecule has 3 heteroatoms. The summed E-state index contributed by atoms with van der Waals surface area (Å²) >= 11 is 3.32. The van der Waals surface area contributed by atoms with Gasteiger partial charge in [-0.2, -0.15) is 0 Å². The highest BCUT2D eigenvalue weighted by Gasteiger charge is 2.03. The lowest BCUT2D eigenvalue weighted by Crippen LogP contribution is -1.78. The van der Waals surface area contributed by atoms with Gasteiger partial charge in [-0.25, -0.2) is 4.98 Å². The molecule has 0 saturated carbocycles. The van der Waals surface area contributed by atoms with Crippen molar-refractivity contribution in [2.75, 3.05) is 0 Å². The number of alkyl halides is 1. The van der Waals surface area contributed by atoms with E-state index in [0.717, 1.165) is 16.6 Å². The largest absolute Gasteiger partial charge is 0.444 e. The van der Waals surface area contributed by atoms with E-state index >= 15 is 0 Å². The van der Waals surface area contributed by atoms with Gasteiger partial charge in [0.05, 0.1) is 5.69 Å². The van der Waals surface area contributed by atoms with Crippen LogP contribution in [0, 0.1) is 0 Å². The second-order valence-corrected chi connectivity index (χ2v) is 3.20. The standard InChI is InChI=1S/C10H8BrNO/c11-6-9-7-13-10(12-9)8-4-2-1-3-5-8/h1-5,7H,6H2. The van der Waals surface area contributed by atoms with Crippen molar-refractivity contribution < 1.29 is 4.42 Å². The monoisotopic (exact) mass is 237 g/mol. The Kier molecular flexibility index (Phi) is 2.45. The average Bonchev–Trinajstić information content (AvgIpc) is 2.67. The van der Waals surface area contributed by atoms with Crippen LogP contribution in [0.25, 0.3) is 11.5 Å². The van der Waals surface area contributed by atoms with Gasteiger partial charge < -0.3 is 4.42 Å². The first-order valence-corrected chi connectivity index (χ1v) is 5.08. The molecule has 2 rings (SSSR count). The van der Waals surface area contributed by atoms with Crippen molar-refractivity contribution in [3.8, 4) is 11.5 Å². The molecule has 0 fully saturated rings. The molecule has 0 atom stereocenters. The van der Waals surface area contributed by atoms with Crippen LogP contribution in [-0.4, -0.2) is 4.98 Å². The van der Waals surface area contributed by atoms with Crippen LogP contribution in [-0.2, 0) is 5.33 Å². The number of benzene rings is 1. The highest BCUT2D eigenvalue weighted by molar-refractivity contribution is 9.08. The predicted octanol–water partition coefficient (Wildman–Crippen LogP) is 3.24. The molecule has 0 amide bonds. The van der Waals surface area contributed by atoms with Crippen LogP contribution >= 0.6 is 15.9 Å². The minimum absolute atomic E-state index is 0.676. The first kappa shape index (κ1) is 8.51. The van der Waals surface area contributed by atoms with Gasteiger partial charge >= 0.3 is 0 Å². The van der Waals surface area contributed by atoms with Crippen LogP contribution in [0.2, 0.25) is 0 Å². The minimum atomic E-state index is 0.676. The van der Waals surface area contributed by atoms with Crippen molar-refractivity contribution in [1.82, 2.24) is 4.98 Å². The summed E-state index contributed by atoms with van der Waals surface area (Å²) in [5, 5.41) is 0.726. The average molecular weight is 238 g/mol. The van der Waals surface area contributed by atoms with Gasteiger partial charge in [0.25, 0.3) is 0 Å². The minimum Gasteiger partial charge on any atom is -0.444 e. The van der Waals surface area contributed by atoms with Gasteiger partial charge in [0.1, 0.15) is 6.26 Å². The number of nitrogens with zero attached hydrogens (tertiary/aromatic N) is 1. The molecule has 0 aliphatic rings. The van der Waals surface area contributed by atoms with Gasteiger partial charge in [0.2, 0.25) is 5.89 Å². The van der Waals surface area contributed by atoms with E-state index < -0.39 is 0 Å². The van der Waals surface area contributed by atoms with Crippen molar-refractivity contribution in [3.05, 3.63) is 42.3 Å². The van der Waals surface area contributed by atoms with Gasteiger partial charge in [-0.05, 0) is 12.1 Å². The van der Waals surface area contributed by atoms with Crippen molar-refractivity contribution in [2.45, 2.75) is 5.33 Å². The Balaban J connectivity index is 2.36. The molecule has 0 aliphatic carbocycles. The highest BCUT2D eigenvalue weighted by Crippen LogP contribution is 2.18. The van der Waals surface area contributed by atoms with E-state index in [1.807, 2.05) is 30.3 Å². The van der Waals surface area contributed by atoms with Crippen LogP contribution in [0.3, 0.4) is 0 Å². The number of oxazole rings is 1. The number of halogens is 1. The lowest BCUT2D eigenvalue weighted by atomic mass is 10.2. The SMILES string of the molecule is BrCc1coc(-c2ccccc2)n1. The summed E-state index contributed by atoms with van der Waals surface area (Å²) in [5.41, 5.74) is 1.92. The fourth-order valence-corrected chi connectivity index (χ4v) is 1.34. The Morgan fingerprint density at radius 3 is 2.62 bits per heavy atom. The molecule has 66 valence electrons. The lowest BCUT2D eigenvalue weighted by Gasteiger charge is -1.91. The molecule has 1 aromatic carbocycles. The zero-order valence-electron chi connectivity index (χ0n) is 6.90. The summed E-state index contributed by atoms with van der Waals surface area (Å²) in [5.74, 6) is 0.676. The predicted molar refractivity (Wildman–Crippen MR) is 54.6 cm³/mol. The third-order valence-electron chi connectivity index (χ3n) is 1.71. The van der Waals surface area contributed by atoms with Crippen molar-refractivity contribution in [3.63, 3.8) is 0 Å². The Morgan fingerprint density at radius 1 is 1.23 bits per heavy atom. The van der Waals surface area contributed by atoms with E-state index in [1.54, 1.807) is 6.26 Å². The maximum Gasteiger partial charge on any atom is 0.226 e. The smallest absolute Gasteiger partial charge is 0.226 e. The first-order chi connectivity index (χ1) is 6.40. The summed E-state index contributed by atoms with van der Waals surface area (Å²) in [6, 6.07) is 9.85. The van der Waals surface area contributed by atoms with E-state index in [1.165, 1.54) is 0 Å². The molecule has 1 heterocycles. The molecule has 0 N–H and O–H groups in total. The van der Waals surface area contributed by atoms with Crippen molar-refractivity contribution >= 4 is 15.9 Å². The third-order valence-corrected chi connectivity index (χ3v) is 2.28. The van der Waals surface area contributed by atoms with Gasteiger partial charge in [-0.3, -0.25) is 0 Å². The second-order valence-electron chi connectivity index (χ2n) is 2.64. The number of hydrogen-bond acceptors (Lipinski definition) is 2. The van der Waals surface area contributed by atoms with Crippen LogP contribution in [0.5, 0.6) is 0 Å². The maximum absolute atomic E-state index is 5.30. The van der Waals surface area contributed by atoms with Gasteiger partial charge in [-0.1, -0.05) is 34.1 Å². The van der Waals surface area contributed by atoms with E-state index in [0.29, 0.717) is 5.89 Å². The number of rotatable bonds is 2. The number of hydrogen-bond donors (Lipinski definition) is 0. The molecule has 13 heavy (non-hydrogen) atoms. The van der Waals surface area contributed by atoms with Gasteiger partial charge in [-0.15, -0.1) is 0 Å². The Hall–Kier alpha value is -1.09. The Labute approximate surface area is 84.7 Å². The summed E-state index contributed by atoms with van der Waals surface area (Å²) < 4.78 is 5.30. The normalized spacial score (nSPS) is 10.2. The second kappa shape index (κ2) is 3.75. The Bertz CT molecular complexity index is 383. The fraction of sp³-hybridized carbons (Fsp3) is 0.100. The molecule has 2 nitrogen and oxygen atoms in total. The van der Waals surface area contributed by atoms with E-state index in [2.05, 4.69) is 20.9 Å². The van der Waals surface area contributed by atoms with E-state index in [4.69, 9.17) is 4.42 Å². The summed E-state index contributed by atoms with van der Waals surface area (Å²) in [4.78, 5) is 4.29. The maximum atomic E-state index is 5.30. The van der Waals surface area contributed by atoms with Crippen LogP contribution in [0.15, 0.2) is 41.0 Å². The third kappa shape index (κ3) is 1.80. The zero-order chi connectivity index (χ0) is 9.10. The molecular formula is C10H8BrNO. The van der Waals surface area contributed by atoms with Crippen LogP contribution in [0.4, 0.5) is 0 Å². The molecule has 0 radical (unpaired) electrons. The molecule has 0 bridgehead atoms. The first-order valence-electron chi connectivity index (χ1n) is 3.96. The van der Waals surface area contributed by atoms with Crippen molar-refractivity contribution in [1.29, 1.82) is 0 Å². The van der Waals surface area contributed by atoms with Crippen LogP contribution < -0.4 is 0 Å².